The summed E-state index contributed by atoms with van der Waals surface area (Å²) in [6.07, 6.45) is -0.603. The normalized spacial score (nSPS) is 43.9. The summed E-state index contributed by atoms with van der Waals surface area (Å²) < 4.78 is 41.9. The van der Waals surface area contributed by atoms with Crippen LogP contribution in [0.4, 0.5) is 0 Å². The highest BCUT2D eigenvalue weighted by atomic mass is 16.8. The smallest absolute Gasteiger partial charge is 0.318 e. The van der Waals surface area contributed by atoms with Crippen LogP contribution in [0, 0.1) is 5.92 Å². The number of esters is 1. The Hall–Kier alpha value is -1.07. The Morgan fingerprint density at radius 1 is 1.10 bits per heavy atom. The number of fused-ring (bicyclic) bond motifs is 2. The van der Waals surface area contributed by atoms with Gasteiger partial charge in [-0.25, -0.2) is 0 Å². The predicted molar refractivity (Wildman–Crippen MR) is 97.6 cm³/mol. The van der Waals surface area contributed by atoms with Crippen molar-refractivity contribution in [1.29, 1.82) is 0 Å². The van der Waals surface area contributed by atoms with Gasteiger partial charge in [-0.05, 0) is 40.2 Å². The van der Waals surface area contributed by atoms with Gasteiger partial charge in [-0.15, -0.1) is 0 Å². The Morgan fingerprint density at radius 3 is 2.48 bits per heavy atom. The summed E-state index contributed by atoms with van der Waals surface area (Å²) in [6.45, 7) is 9.46. The highest BCUT2D eigenvalue weighted by molar-refractivity contribution is 5.78. The maximum Gasteiger partial charge on any atom is 0.318 e. The highest BCUT2D eigenvalue weighted by Crippen LogP contribution is 2.54. The lowest BCUT2D eigenvalue weighted by atomic mass is 9.88. The largest absolute Gasteiger partial charge is 0.465 e. The van der Waals surface area contributed by atoms with Crippen LogP contribution in [-0.2, 0) is 38.0 Å². The predicted octanol–water partition coefficient (Wildman–Crippen LogP) is 0.881. The zero-order valence-corrected chi connectivity index (χ0v) is 17.5. The van der Waals surface area contributed by atoms with Crippen molar-refractivity contribution in [2.24, 2.45) is 5.92 Å². The Balaban J connectivity index is 1.71. The van der Waals surface area contributed by atoms with Crippen molar-refractivity contribution in [2.75, 3.05) is 26.4 Å². The summed E-state index contributed by atoms with van der Waals surface area (Å²) in [5.74, 6) is -4.41. The Labute approximate surface area is 170 Å². The standard InChI is InChI=1S/C20H30O9/c1-6-23-17(22)13-11(7-8-21)9-25-20(13)16-15(27-19(4,5)29-16)14(28-20)12-10-24-18(2,3)26-12/h7,12-16,21H,6,8-10H2,1-5H3/b11-7+/t12-,13+,14-,15-,16-,20-/m1/s1. The van der Waals surface area contributed by atoms with Crippen LogP contribution in [0.3, 0.4) is 0 Å². The number of hydrogen-bond donors (Lipinski definition) is 1. The van der Waals surface area contributed by atoms with E-state index in [1.165, 1.54) is 0 Å². The molecule has 4 aliphatic rings. The molecule has 4 rings (SSSR count). The van der Waals surface area contributed by atoms with Crippen LogP contribution < -0.4 is 0 Å². The van der Waals surface area contributed by atoms with E-state index in [4.69, 9.17) is 33.2 Å². The van der Waals surface area contributed by atoms with E-state index in [0.29, 0.717) is 12.2 Å². The zero-order chi connectivity index (χ0) is 21.0. The van der Waals surface area contributed by atoms with Crippen LogP contribution in [0.5, 0.6) is 0 Å². The molecule has 9 heteroatoms. The van der Waals surface area contributed by atoms with Gasteiger partial charge >= 0.3 is 5.97 Å². The lowest BCUT2D eigenvalue weighted by Crippen LogP contribution is -2.51. The van der Waals surface area contributed by atoms with Gasteiger partial charge in [0.25, 0.3) is 0 Å². The number of hydrogen-bond acceptors (Lipinski definition) is 9. The molecule has 164 valence electrons. The Kier molecular flexibility index (Phi) is 5.30. The average Bonchev–Trinajstić information content (AvgIpc) is 3.32. The summed E-state index contributed by atoms with van der Waals surface area (Å²) in [6, 6.07) is 0. The first-order valence-electron chi connectivity index (χ1n) is 10.1. The number of aliphatic hydroxyl groups excluding tert-OH is 1. The molecular formula is C20H30O9. The molecule has 0 aromatic heterocycles. The first kappa shape index (κ1) is 21.2. The fraction of sp³-hybridized carbons (Fsp3) is 0.850. The van der Waals surface area contributed by atoms with Gasteiger partial charge in [0.2, 0.25) is 5.79 Å². The molecule has 9 nitrogen and oxygen atoms in total. The van der Waals surface area contributed by atoms with E-state index >= 15 is 0 Å². The van der Waals surface area contributed by atoms with Gasteiger partial charge in [0.05, 0.1) is 26.4 Å². The molecule has 4 fully saturated rings. The lowest BCUT2D eigenvalue weighted by molar-refractivity contribution is -0.298. The summed E-state index contributed by atoms with van der Waals surface area (Å²) >= 11 is 0. The van der Waals surface area contributed by atoms with Gasteiger partial charge in [0.15, 0.2) is 11.6 Å². The molecule has 1 spiro atoms. The fourth-order valence-electron chi connectivity index (χ4n) is 4.66. The molecule has 0 aromatic carbocycles. The van der Waals surface area contributed by atoms with Gasteiger partial charge in [-0.1, -0.05) is 6.08 Å². The van der Waals surface area contributed by atoms with E-state index in [1.54, 1.807) is 13.0 Å². The van der Waals surface area contributed by atoms with Gasteiger partial charge in [0.1, 0.15) is 30.3 Å². The second kappa shape index (κ2) is 7.26. The number of aliphatic hydroxyl groups is 1. The molecule has 0 radical (unpaired) electrons. The molecule has 4 saturated heterocycles. The molecule has 1 N–H and O–H groups in total. The minimum absolute atomic E-state index is 0.122. The van der Waals surface area contributed by atoms with Crippen LogP contribution in [0.15, 0.2) is 11.6 Å². The van der Waals surface area contributed by atoms with Gasteiger partial charge in [-0.2, -0.15) is 0 Å². The molecular weight excluding hydrogens is 384 g/mol. The topological polar surface area (TPSA) is 102 Å². The molecule has 29 heavy (non-hydrogen) atoms. The van der Waals surface area contributed by atoms with Crippen LogP contribution >= 0.6 is 0 Å². The molecule has 0 bridgehead atoms. The van der Waals surface area contributed by atoms with Crippen molar-refractivity contribution in [2.45, 2.75) is 76.4 Å². The maximum atomic E-state index is 12.9. The average molecular weight is 414 g/mol. The van der Waals surface area contributed by atoms with E-state index in [-0.39, 0.29) is 19.8 Å². The Morgan fingerprint density at radius 2 is 1.86 bits per heavy atom. The maximum absolute atomic E-state index is 12.9. The van der Waals surface area contributed by atoms with Gasteiger partial charge in [-0.3, -0.25) is 4.79 Å². The third kappa shape index (κ3) is 3.52. The number of rotatable bonds is 4. The molecule has 0 saturated carbocycles. The van der Waals surface area contributed by atoms with Crippen molar-refractivity contribution < 1.29 is 43.1 Å². The molecule has 0 aliphatic carbocycles. The fourth-order valence-corrected chi connectivity index (χ4v) is 4.66. The lowest BCUT2D eigenvalue weighted by Gasteiger charge is -2.34. The SMILES string of the molecule is CCOC(=O)[C@@H]1/C(=C/CO)CO[C@@]12O[C@H]([C@H]1COC(C)(C)O1)[C@H]1OC(C)(C)O[C@H]12. The quantitative estimate of drug-likeness (QED) is 0.530. The van der Waals surface area contributed by atoms with Crippen molar-refractivity contribution in [3.63, 3.8) is 0 Å². The third-order valence-electron chi connectivity index (χ3n) is 5.68. The molecule has 0 unspecified atom stereocenters. The molecule has 4 heterocycles. The van der Waals surface area contributed by atoms with Crippen LogP contribution in [-0.4, -0.2) is 79.3 Å². The number of carbonyl (C=O) groups excluding carboxylic acids is 1. The van der Waals surface area contributed by atoms with Crippen molar-refractivity contribution in [3.05, 3.63) is 11.6 Å². The van der Waals surface area contributed by atoms with E-state index in [2.05, 4.69) is 0 Å². The van der Waals surface area contributed by atoms with E-state index in [9.17, 15) is 9.90 Å². The molecule has 6 atom stereocenters. The van der Waals surface area contributed by atoms with Crippen molar-refractivity contribution in [1.82, 2.24) is 0 Å². The third-order valence-corrected chi connectivity index (χ3v) is 5.68. The van der Waals surface area contributed by atoms with Crippen LogP contribution in [0.1, 0.15) is 34.6 Å². The number of ether oxygens (including phenoxy) is 7. The second-order valence-corrected chi connectivity index (χ2v) is 8.63. The van der Waals surface area contributed by atoms with Crippen LogP contribution in [0.25, 0.3) is 0 Å². The molecule has 0 aromatic rings. The van der Waals surface area contributed by atoms with E-state index in [0.717, 1.165) is 0 Å². The summed E-state index contributed by atoms with van der Waals surface area (Å²) in [7, 11) is 0. The number of carbonyl (C=O) groups is 1. The Bertz CT molecular complexity index is 687. The zero-order valence-electron chi connectivity index (χ0n) is 17.5. The summed E-state index contributed by atoms with van der Waals surface area (Å²) in [5, 5.41) is 9.42. The second-order valence-electron chi connectivity index (χ2n) is 8.63. The summed E-state index contributed by atoms with van der Waals surface area (Å²) in [4.78, 5) is 12.9. The highest BCUT2D eigenvalue weighted by Gasteiger charge is 2.72. The summed E-state index contributed by atoms with van der Waals surface area (Å²) in [5.41, 5.74) is 0.600. The molecule has 0 amide bonds. The molecule has 4 aliphatic heterocycles. The minimum Gasteiger partial charge on any atom is -0.465 e. The van der Waals surface area contributed by atoms with Crippen molar-refractivity contribution in [3.8, 4) is 0 Å². The van der Waals surface area contributed by atoms with Gasteiger partial charge < -0.3 is 38.3 Å². The van der Waals surface area contributed by atoms with Gasteiger partial charge in [0, 0.05) is 0 Å². The van der Waals surface area contributed by atoms with E-state index < -0.39 is 53.7 Å². The first-order valence-corrected chi connectivity index (χ1v) is 10.1. The van der Waals surface area contributed by atoms with E-state index in [1.807, 2.05) is 27.7 Å². The monoisotopic (exact) mass is 414 g/mol. The van der Waals surface area contributed by atoms with Crippen LogP contribution in [0.2, 0.25) is 0 Å². The first-order chi connectivity index (χ1) is 13.6. The minimum atomic E-state index is -1.42. The van der Waals surface area contributed by atoms with Crippen molar-refractivity contribution >= 4 is 5.97 Å².